The van der Waals surface area contributed by atoms with E-state index in [1.807, 2.05) is 16.7 Å². The molecule has 2 N–H and O–H groups in total. The highest BCUT2D eigenvalue weighted by Gasteiger charge is 2.05. The Hall–Kier alpha value is -0.870. The maximum atomic E-state index is 5.53. The van der Waals surface area contributed by atoms with E-state index in [-0.39, 0.29) is 0 Å². The topological polar surface area (TPSA) is 43.3 Å². The van der Waals surface area contributed by atoms with Crippen LogP contribution >= 0.6 is 15.9 Å². The molecule has 68 valence electrons. The highest BCUT2D eigenvalue weighted by atomic mass is 79.9. The molecule has 0 bridgehead atoms. The summed E-state index contributed by atoms with van der Waals surface area (Å²) < 4.78 is 2.88. The molecule has 0 radical (unpaired) electrons. The summed E-state index contributed by atoms with van der Waals surface area (Å²) in [5, 5.41) is 0. The molecule has 0 aliphatic heterocycles. The Balaban J connectivity index is 2.65. The Kier molecular flexibility index (Phi) is 2.33. The van der Waals surface area contributed by atoms with Crippen molar-refractivity contribution in [2.24, 2.45) is 5.73 Å². The van der Waals surface area contributed by atoms with Crippen LogP contribution in [0.5, 0.6) is 0 Å². The number of fused-ring (bicyclic) bond motifs is 1. The molecule has 0 aromatic carbocycles. The van der Waals surface area contributed by atoms with Gasteiger partial charge in [0.2, 0.25) is 0 Å². The molecule has 2 heterocycles. The molecule has 13 heavy (non-hydrogen) atoms. The summed E-state index contributed by atoms with van der Waals surface area (Å²) >= 11 is 3.41. The zero-order valence-corrected chi connectivity index (χ0v) is 8.66. The highest BCUT2D eigenvalue weighted by Crippen LogP contribution is 2.20. The van der Waals surface area contributed by atoms with Crippen LogP contribution in [0.15, 0.2) is 29.3 Å². The van der Waals surface area contributed by atoms with Crippen LogP contribution in [-0.4, -0.2) is 15.9 Å². The number of rotatable bonds is 2. The van der Waals surface area contributed by atoms with E-state index in [9.17, 15) is 0 Å². The number of hydrogen-bond donors (Lipinski definition) is 1. The average molecular weight is 240 g/mol. The minimum Gasteiger partial charge on any atom is -0.330 e. The first-order chi connectivity index (χ1) is 6.33. The molecule has 0 aliphatic carbocycles. The van der Waals surface area contributed by atoms with E-state index in [1.54, 1.807) is 6.33 Å². The van der Waals surface area contributed by atoms with Crippen molar-refractivity contribution >= 4 is 21.4 Å². The minimum absolute atomic E-state index is 0.664. The summed E-state index contributed by atoms with van der Waals surface area (Å²) in [6.07, 6.45) is 4.65. The SMILES string of the molecule is NCCc1cccn2cnc(Br)c12. The van der Waals surface area contributed by atoms with Gasteiger partial charge in [-0.15, -0.1) is 0 Å². The van der Waals surface area contributed by atoms with Gasteiger partial charge >= 0.3 is 0 Å². The first-order valence-corrected chi connectivity index (χ1v) is 4.92. The van der Waals surface area contributed by atoms with Gasteiger partial charge in [0, 0.05) is 6.20 Å². The normalized spacial score (nSPS) is 10.9. The van der Waals surface area contributed by atoms with Gasteiger partial charge in [-0.1, -0.05) is 6.07 Å². The average Bonchev–Trinajstić information content (AvgIpc) is 2.50. The Labute approximate surface area is 84.7 Å². The van der Waals surface area contributed by atoms with E-state index < -0.39 is 0 Å². The molecule has 0 aliphatic rings. The Morgan fingerprint density at radius 1 is 1.54 bits per heavy atom. The number of hydrogen-bond acceptors (Lipinski definition) is 2. The summed E-state index contributed by atoms with van der Waals surface area (Å²) in [6.45, 7) is 0.664. The van der Waals surface area contributed by atoms with Gasteiger partial charge in [-0.3, -0.25) is 0 Å². The third kappa shape index (κ3) is 1.47. The van der Waals surface area contributed by atoms with Crippen LogP contribution in [0.2, 0.25) is 0 Å². The molecular weight excluding hydrogens is 230 g/mol. The van der Waals surface area contributed by atoms with Gasteiger partial charge in [0.25, 0.3) is 0 Å². The second-order valence-electron chi connectivity index (χ2n) is 2.86. The van der Waals surface area contributed by atoms with Gasteiger partial charge in [-0.25, -0.2) is 4.98 Å². The quantitative estimate of drug-likeness (QED) is 0.866. The fourth-order valence-electron chi connectivity index (χ4n) is 1.44. The summed E-state index contributed by atoms with van der Waals surface area (Å²) in [5.74, 6) is 0. The zero-order valence-electron chi connectivity index (χ0n) is 7.07. The third-order valence-electron chi connectivity index (χ3n) is 2.01. The predicted octanol–water partition coefficient (Wildman–Crippen LogP) is 1.60. The highest BCUT2D eigenvalue weighted by molar-refractivity contribution is 9.10. The van der Waals surface area contributed by atoms with Crippen LogP contribution in [-0.2, 0) is 6.42 Å². The molecule has 4 heteroatoms. The van der Waals surface area contributed by atoms with Crippen molar-refractivity contribution in [1.29, 1.82) is 0 Å². The number of nitrogens with two attached hydrogens (primary N) is 1. The molecule has 0 unspecified atom stereocenters. The van der Waals surface area contributed by atoms with Gasteiger partial charge in [0.05, 0.1) is 5.52 Å². The Bertz CT molecular complexity index is 422. The molecule has 0 fully saturated rings. The number of aromatic nitrogens is 2. The standard InChI is InChI=1S/C9H10BrN3/c10-9-8-7(3-4-11)2-1-5-13(8)6-12-9/h1-2,5-6H,3-4,11H2. The molecule has 2 rings (SSSR count). The molecule has 3 nitrogen and oxygen atoms in total. The Morgan fingerprint density at radius 3 is 3.15 bits per heavy atom. The summed E-state index contributed by atoms with van der Waals surface area (Å²) in [6, 6.07) is 4.08. The fraction of sp³-hybridized carbons (Fsp3) is 0.222. The lowest BCUT2D eigenvalue weighted by Gasteiger charge is -2.01. The van der Waals surface area contributed by atoms with E-state index in [0.717, 1.165) is 16.5 Å². The van der Waals surface area contributed by atoms with Crippen molar-refractivity contribution in [3.63, 3.8) is 0 Å². The maximum absolute atomic E-state index is 5.53. The van der Waals surface area contributed by atoms with Crippen molar-refractivity contribution in [1.82, 2.24) is 9.38 Å². The van der Waals surface area contributed by atoms with E-state index >= 15 is 0 Å². The Morgan fingerprint density at radius 2 is 2.38 bits per heavy atom. The molecule has 0 spiro atoms. The van der Waals surface area contributed by atoms with E-state index in [4.69, 9.17) is 5.73 Å². The van der Waals surface area contributed by atoms with Gasteiger partial charge in [0.15, 0.2) is 0 Å². The van der Waals surface area contributed by atoms with Gasteiger partial charge in [0.1, 0.15) is 10.9 Å². The van der Waals surface area contributed by atoms with Crippen LogP contribution in [0.4, 0.5) is 0 Å². The molecule has 0 amide bonds. The number of halogens is 1. The van der Waals surface area contributed by atoms with Crippen LogP contribution in [0.1, 0.15) is 5.56 Å². The smallest absolute Gasteiger partial charge is 0.132 e. The third-order valence-corrected chi connectivity index (χ3v) is 2.59. The summed E-state index contributed by atoms with van der Waals surface area (Å²) in [4.78, 5) is 4.18. The second kappa shape index (κ2) is 3.47. The van der Waals surface area contributed by atoms with Crippen LogP contribution in [0, 0.1) is 0 Å². The van der Waals surface area contributed by atoms with Crippen molar-refractivity contribution in [2.75, 3.05) is 6.54 Å². The van der Waals surface area contributed by atoms with Crippen molar-refractivity contribution in [2.45, 2.75) is 6.42 Å². The van der Waals surface area contributed by atoms with Gasteiger partial charge in [-0.2, -0.15) is 0 Å². The van der Waals surface area contributed by atoms with Crippen molar-refractivity contribution < 1.29 is 0 Å². The second-order valence-corrected chi connectivity index (χ2v) is 3.61. The first kappa shape index (κ1) is 8.72. The van der Waals surface area contributed by atoms with Crippen molar-refractivity contribution in [3.8, 4) is 0 Å². The van der Waals surface area contributed by atoms with Crippen LogP contribution in [0.3, 0.4) is 0 Å². The lowest BCUT2D eigenvalue weighted by molar-refractivity contribution is 0.965. The maximum Gasteiger partial charge on any atom is 0.132 e. The van der Waals surface area contributed by atoms with Crippen LogP contribution in [0.25, 0.3) is 5.52 Å². The van der Waals surface area contributed by atoms with E-state index in [0.29, 0.717) is 6.54 Å². The molecule has 0 saturated heterocycles. The van der Waals surface area contributed by atoms with Gasteiger partial charge in [-0.05, 0) is 40.5 Å². The number of imidazole rings is 1. The zero-order chi connectivity index (χ0) is 9.26. The van der Waals surface area contributed by atoms with Crippen molar-refractivity contribution in [3.05, 3.63) is 34.8 Å². The van der Waals surface area contributed by atoms with Crippen LogP contribution < -0.4 is 5.73 Å². The summed E-state index contributed by atoms with van der Waals surface area (Å²) in [7, 11) is 0. The van der Waals surface area contributed by atoms with E-state index in [2.05, 4.69) is 27.0 Å². The van der Waals surface area contributed by atoms with Gasteiger partial charge < -0.3 is 10.1 Å². The number of pyridine rings is 1. The number of nitrogens with zero attached hydrogens (tertiary/aromatic N) is 2. The fourth-order valence-corrected chi connectivity index (χ4v) is 1.99. The molecular formula is C9H10BrN3. The first-order valence-electron chi connectivity index (χ1n) is 4.13. The minimum atomic E-state index is 0.664. The largest absolute Gasteiger partial charge is 0.330 e. The molecule has 0 atom stereocenters. The lowest BCUT2D eigenvalue weighted by atomic mass is 10.2. The molecule has 2 aromatic heterocycles. The summed E-state index contributed by atoms with van der Waals surface area (Å²) in [5.41, 5.74) is 7.87. The lowest BCUT2D eigenvalue weighted by Crippen LogP contribution is -2.03. The van der Waals surface area contributed by atoms with E-state index in [1.165, 1.54) is 5.56 Å². The molecule has 2 aromatic rings. The molecule has 0 saturated carbocycles. The monoisotopic (exact) mass is 239 g/mol. The predicted molar refractivity (Wildman–Crippen MR) is 55.7 cm³/mol.